The van der Waals surface area contributed by atoms with Crippen LogP contribution in [-0.4, -0.2) is 28.7 Å². The third-order valence-electron chi connectivity index (χ3n) is 1.94. The molecule has 1 amide bonds. The zero-order chi connectivity index (χ0) is 10.3. The second kappa shape index (κ2) is 7.36. The van der Waals surface area contributed by atoms with Gasteiger partial charge in [0.15, 0.2) is 0 Å². The van der Waals surface area contributed by atoms with Crippen LogP contribution in [0.2, 0.25) is 0 Å². The number of hydrogen-bond acceptors (Lipinski definition) is 1. The number of halogens is 1. The molecule has 0 bridgehead atoms. The van der Waals surface area contributed by atoms with E-state index in [2.05, 4.69) is 29.8 Å². The largest absolute Gasteiger partial charge is 0.340 e. The molecule has 0 rings (SSSR count). The summed E-state index contributed by atoms with van der Waals surface area (Å²) in [4.78, 5) is 13.6. The molecule has 13 heavy (non-hydrogen) atoms. The highest BCUT2D eigenvalue weighted by molar-refractivity contribution is 9.09. The van der Waals surface area contributed by atoms with Gasteiger partial charge in [-0.25, -0.2) is 0 Å². The molecule has 0 aromatic heterocycles. The van der Waals surface area contributed by atoms with Crippen LogP contribution in [-0.2, 0) is 4.79 Å². The van der Waals surface area contributed by atoms with Crippen molar-refractivity contribution >= 4 is 21.8 Å². The average molecular weight is 250 g/mol. The van der Waals surface area contributed by atoms with Gasteiger partial charge < -0.3 is 4.90 Å². The number of amides is 1. The van der Waals surface area contributed by atoms with Crippen LogP contribution in [0.25, 0.3) is 0 Å². The van der Waals surface area contributed by atoms with Crippen molar-refractivity contribution in [1.82, 2.24) is 4.90 Å². The van der Waals surface area contributed by atoms with Gasteiger partial charge in [-0.05, 0) is 26.7 Å². The summed E-state index contributed by atoms with van der Waals surface area (Å²) in [5, 5.41) is 0.968. The van der Waals surface area contributed by atoms with Crippen molar-refractivity contribution in [1.29, 1.82) is 0 Å². The molecule has 2 nitrogen and oxygen atoms in total. The lowest BCUT2D eigenvalue weighted by Gasteiger charge is -2.26. The van der Waals surface area contributed by atoms with E-state index in [1.807, 2.05) is 11.8 Å². The molecular weight excluding hydrogens is 230 g/mol. The second-order valence-electron chi connectivity index (χ2n) is 3.47. The summed E-state index contributed by atoms with van der Waals surface area (Å²) in [5.41, 5.74) is 0. The minimum absolute atomic E-state index is 0.290. The molecule has 0 aromatic carbocycles. The lowest BCUT2D eigenvalue weighted by Crippen LogP contribution is -2.37. The van der Waals surface area contributed by atoms with Crippen molar-refractivity contribution < 1.29 is 4.79 Å². The van der Waals surface area contributed by atoms with Gasteiger partial charge in [-0.3, -0.25) is 4.79 Å². The van der Waals surface area contributed by atoms with Gasteiger partial charge in [0.25, 0.3) is 0 Å². The maximum atomic E-state index is 11.6. The molecule has 0 unspecified atom stereocenters. The fourth-order valence-electron chi connectivity index (χ4n) is 1.26. The lowest BCUT2D eigenvalue weighted by molar-refractivity contribution is -0.132. The quantitative estimate of drug-likeness (QED) is 0.664. The van der Waals surface area contributed by atoms with Gasteiger partial charge in [-0.2, -0.15) is 0 Å². The Hall–Kier alpha value is -0.0500. The first-order valence-electron chi connectivity index (χ1n) is 4.98. The summed E-state index contributed by atoms with van der Waals surface area (Å²) in [6, 6.07) is 0.332. The van der Waals surface area contributed by atoms with Crippen molar-refractivity contribution in [3.8, 4) is 0 Å². The zero-order valence-electron chi connectivity index (χ0n) is 8.85. The Morgan fingerprint density at radius 1 is 1.46 bits per heavy atom. The number of nitrogens with zero attached hydrogens (tertiary/aromatic N) is 1. The minimum Gasteiger partial charge on any atom is -0.340 e. The predicted molar refractivity (Wildman–Crippen MR) is 60.2 cm³/mol. The minimum atomic E-state index is 0.290. The summed E-state index contributed by atoms with van der Waals surface area (Å²) in [6.45, 7) is 7.06. The van der Waals surface area contributed by atoms with E-state index in [1.165, 1.54) is 0 Å². The van der Waals surface area contributed by atoms with Crippen LogP contribution in [0.4, 0.5) is 0 Å². The van der Waals surface area contributed by atoms with Crippen LogP contribution in [0.5, 0.6) is 0 Å². The second-order valence-corrected chi connectivity index (χ2v) is 4.27. The molecule has 0 aliphatic rings. The Labute approximate surface area is 89.8 Å². The molecule has 0 aromatic rings. The number of alkyl halides is 1. The zero-order valence-corrected chi connectivity index (χ0v) is 10.4. The molecule has 0 atom stereocenters. The summed E-state index contributed by atoms with van der Waals surface area (Å²) in [5.74, 6) is 0.290. The van der Waals surface area contributed by atoms with Crippen LogP contribution in [0.3, 0.4) is 0 Å². The molecule has 78 valence electrons. The van der Waals surface area contributed by atoms with E-state index in [1.54, 1.807) is 0 Å². The Balaban J connectivity index is 3.99. The first-order chi connectivity index (χ1) is 6.13. The number of carbonyl (C=O) groups excluding carboxylic acids is 1. The third-order valence-corrected chi connectivity index (χ3v) is 2.50. The molecule has 0 spiro atoms. The Morgan fingerprint density at radius 2 is 2.08 bits per heavy atom. The third kappa shape index (κ3) is 5.29. The predicted octanol–water partition coefficient (Wildman–Crippen LogP) is 2.81. The van der Waals surface area contributed by atoms with E-state index < -0.39 is 0 Å². The number of rotatable bonds is 6. The van der Waals surface area contributed by atoms with E-state index in [-0.39, 0.29) is 0 Å². The Kier molecular flexibility index (Phi) is 7.33. The highest BCUT2D eigenvalue weighted by Crippen LogP contribution is 2.05. The maximum Gasteiger partial charge on any atom is 0.222 e. The molecule has 0 heterocycles. The van der Waals surface area contributed by atoms with Gasteiger partial charge in [0.2, 0.25) is 5.91 Å². The van der Waals surface area contributed by atoms with Crippen LogP contribution < -0.4 is 0 Å². The van der Waals surface area contributed by atoms with Gasteiger partial charge in [0, 0.05) is 24.3 Å². The van der Waals surface area contributed by atoms with Crippen LogP contribution >= 0.6 is 15.9 Å². The van der Waals surface area contributed by atoms with Crippen LogP contribution in [0, 0.1) is 0 Å². The monoisotopic (exact) mass is 249 g/mol. The highest BCUT2D eigenvalue weighted by Gasteiger charge is 2.14. The lowest BCUT2D eigenvalue weighted by atomic mass is 10.2. The molecule has 0 radical (unpaired) electrons. The van der Waals surface area contributed by atoms with Gasteiger partial charge in [0.05, 0.1) is 0 Å². The van der Waals surface area contributed by atoms with Crippen molar-refractivity contribution in [2.45, 2.75) is 46.1 Å². The Bertz CT molecular complexity index is 148. The van der Waals surface area contributed by atoms with Gasteiger partial charge in [0.1, 0.15) is 0 Å². The van der Waals surface area contributed by atoms with E-state index in [4.69, 9.17) is 0 Å². The molecule has 0 aliphatic carbocycles. The maximum absolute atomic E-state index is 11.6. The highest BCUT2D eigenvalue weighted by atomic mass is 79.9. The molecular formula is C10H20BrNO. The summed E-state index contributed by atoms with van der Waals surface area (Å²) >= 11 is 3.38. The average Bonchev–Trinajstić information content (AvgIpc) is 2.05. The summed E-state index contributed by atoms with van der Waals surface area (Å²) in [7, 11) is 0. The fraction of sp³-hybridized carbons (Fsp3) is 0.900. The van der Waals surface area contributed by atoms with E-state index in [0.29, 0.717) is 18.4 Å². The molecule has 0 fully saturated rings. The topological polar surface area (TPSA) is 20.3 Å². The van der Waals surface area contributed by atoms with E-state index in [9.17, 15) is 4.79 Å². The summed E-state index contributed by atoms with van der Waals surface area (Å²) in [6.07, 6.45) is 2.66. The number of carbonyl (C=O) groups is 1. The fourth-order valence-corrected chi connectivity index (χ4v) is 1.51. The number of hydrogen-bond donors (Lipinski definition) is 0. The van der Waals surface area contributed by atoms with Gasteiger partial charge in [-0.1, -0.05) is 22.9 Å². The first kappa shape index (κ1) is 12.9. The van der Waals surface area contributed by atoms with E-state index in [0.717, 1.165) is 24.7 Å². The van der Waals surface area contributed by atoms with Gasteiger partial charge >= 0.3 is 0 Å². The first-order valence-corrected chi connectivity index (χ1v) is 6.11. The van der Waals surface area contributed by atoms with Crippen molar-refractivity contribution in [3.63, 3.8) is 0 Å². The smallest absolute Gasteiger partial charge is 0.222 e. The molecule has 0 saturated heterocycles. The molecule has 0 aliphatic heterocycles. The van der Waals surface area contributed by atoms with Crippen molar-refractivity contribution in [2.75, 3.05) is 11.9 Å². The molecule has 0 N–H and O–H groups in total. The van der Waals surface area contributed by atoms with Crippen molar-refractivity contribution in [2.24, 2.45) is 0 Å². The standard InChI is InChI=1S/C10H20BrNO/c1-4-6-10(13)12(9(2)3)8-5-7-11/h9H,4-8H2,1-3H3. The van der Waals surface area contributed by atoms with Crippen LogP contribution in [0.15, 0.2) is 0 Å². The normalized spacial score (nSPS) is 10.5. The van der Waals surface area contributed by atoms with Gasteiger partial charge in [-0.15, -0.1) is 0 Å². The van der Waals surface area contributed by atoms with Crippen molar-refractivity contribution in [3.05, 3.63) is 0 Å². The molecule has 3 heteroatoms. The molecule has 0 saturated carbocycles. The SMILES string of the molecule is CCCC(=O)N(CCCBr)C(C)C. The van der Waals surface area contributed by atoms with E-state index >= 15 is 0 Å². The Morgan fingerprint density at radius 3 is 2.46 bits per heavy atom. The summed E-state index contributed by atoms with van der Waals surface area (Å²) < 4.78 is 0. The van der Waals surface area contributed by atoms with Crippen LogP contribution in [0.1, 0.15) is 40.0 Å².